The molecule has 0 heterocycles. The van der Waals surface area contributed by atoms with Crippen LogP contribution in [0.3, 0.4) is 0 Å². The molecule has 1 aromatic carbocycles. The van der Waals surface area contributed by atoms with E-state index in [1.807, 2.05) is 7.11 Å². The molecule has 0 bridgehead atoms. The smallest absolute Gasteiger partial charge is 0.0824 e. The number of methoxy groups -OCH3 is 1. The quantitative estimate of drug-likeness (QED) is 0.750. The molecule has 0 amide bonds. The number of ether oxygens (including phenoxy) is 1. The van der Waals surface area contributed by atoms with Gasteiger partial charge in [0.1, 0.15) is 0 Å². The van der Waals surface area contributed by atoms with E-state index in [2.05, 4.69) is 40.2 Å². The van der Waals surface area contributed by atoms with Crippen molar-refractivity contribution in [2.45, 2.75) is 44.6 Å². The highest BCUT2D eigenvalue weighted by Gasteiger charge is 2.20. The van der Waals surface area contributed by atoms with E-state index in [4.69, 9.17) is 4.74 Å². The van der Waals surface area contributed by atoms with Crippen LogP contribution >= 0.6 is 15.9 Å². The van der Waals surface area contributed by atoms with Crippen molar-refractivity contribution in [3.05, 3.63) is 34.3 Å². The van der Waals surface area contributed by atoms with Gasteiger partial charge in [-0.3, -0.25) is 0 Å². The predicted octanol–water partition coefficient (Wildman–Crippen LogP) is 5.11. The van der Waals surface area contributed by atoms with Gasteiger partial charge in [-0.25, -0.2) is 0 Å². The van der Waals surface area contributed by atoms with Crippen LogP contribution in [0.4, 0.5) is 0 Å². The van der Waals surface area contributed by atoms with Crippen LogP contribution < -0.4 is 0 Å². The van der Waals surface area contributed by atoms with Gasteiger partial charge >= 0.3 is 0 Å². The molecule has 94 valence electrons. The molecule has 0 radical (unpaired) electrons. The Bertz CT molecular complexity index is 345. The molecule has 0 aromatic heterocycles. The lowest BCUT2D eigenvalue weighted by molar-refractivity contribution is 0.0733. The molecule has 1 fully saturated rings. The zero-order valence-corrected chi connectivity index (χ0v) is 12.1. The van der Waals surface area contributed by atoms with Gasteiger partial charge in [-0.2, -0.15) is 0 Å². The van der Waals surface area contributed by atoms with Crippen LogP contribution in [0.5, 0.6) is 0 Å². The maximum atomic E-state index is 5.67. The molecule has 0 aliphatic heterocycles. The van der Waals surface area contributed by atoms with Gasteiger partial charge in [-0.1, -0.05) is 60.2 Å². The monoisotopic (exact) mass is 296 g/mol. The largest absolute Gasteiger partial charge is 0.377 e. The predicted molar refractivity (Wildman–Crippen MR) is 75.1 cm³/mol. The Balaban J connectivity index is 2.00. The summed E-state index contributed by atoms with van der Waals surface area (Å²) in [6.45, 7) is 0. The van der Waals surface area contributed by atoms with Gasteiger partial charge < -0.3 is 4.74 Å². The van der Waals surface area contributed by atoms with E-state index in [9.17, 15) is 0 Å². The second-order valence-electron chi connectivity index (χ2n) is 5.02. The summed E-state index contributed by atoms with van der Waals surface area (Å²) in [6, 6.07) is 8.50. The van der Waals surface area contributed by atoms with Gasteiger partial charge in [-0.05, 0) is 30.0 Å². The molecule has 0 saturated heterocycles. The fraction of sp³-hybridized carbons (Fsp3) is 0.600. The summed E-state index contributed by atoms with van der Waals surface area (Å²) in [5, 5.41) is 0. The number of hydrogen-bond donors (Lipinski definition) is 0. The van der Waals surface area contributed by atoms with Crippen molar-refractivity contribution in [2.24, 2.45) is 5.92 Å². The molecule has 1 nitrogen and oxygen atoms in total. The molecule has 1 aliphatic rings. The molecular weight excluding hydrogens is 276 g/mol. The normalized spacial score (nSPS) is 19.2. The van der Waals surface area contributed by atoms with E-state index in [0.717, 1.165) is 10.4 Å². The van der Waals surface area contributed by atoms with Gasteiger partial charge in [0.25, 0.3) is 0 Å². The summed E-state index contributed by atoms with van der Waals surface area (Å²) in [6.07, 6.45) is 8.43. The maximum absolute atomic E-state index is 5.67. The minimum absolute atomic E-state index is 0.260. The molecule has 1 unspecified atom stereocenters. The van der Waals surface area contributed by atoms with Crippen molar-refractivity contribution in [2.75, 3.05) is 7.11 Å². The van der Waals surface area contributed by atoms with Gasteiger partial charge in [0.05, 0.1) is 6.10 Å². The molecule has 1 aliphatic carbocycles. The molecule has 0 spiro atoms. The van der Waals surface area contributed by atoms with Crippen LogP contribution in [0.15, 0.2) is 28.7 Å². The molecule has 1 atom stereocenters. The van der Waals surface area contributed by atoms with E-state index in [1.165, 1.54) is 44.1 Å². The maximum Gasteiger partial charge on any atom is 0.0824 e. The molecule has 2 heteroatoms. The highest BCUT2D eigenvalue weighted by Crippen LogP contribution is 2.33. The Morgan fingerprint density at radius 2 is 2.06 bits per heavy atom. The summed E-state index contributed by atoms with van der Waals surface area (Å²) in [5.74, 6) is 0.854. The van der Waals surface area contributed by atoms with Crippen molar-refractivity contribution in [1.82, 2.24) is 0 Å². The fourth-order valence-electron chi connectivity index (χ4n) is 2.80. The Hall–Kier alpha value is -0.340. The highest BCUT2D eigenvalue weighted by molar-refractivity contribution is 9.10. The summed E-state index contributed by atoms with van der Waals surface area (Å²) in [4.78, 5) is 0. The standard InChI is InChI=1S/C15H21BrO/c1-17-15(10-12-6-3-2-4-7-12)13-8-5-9-14(16)11-13/h5,8-9,11-12,15H,2-4,6-7,10H2,1H3. The van der Waals surface area contributed by atoms with E-state index >= 15 is 0 Å². The SMILES string of the molecule is COC(CC1CCCCC1)c1cccc(Br)c1. The third kappa shape index (κ3) is 3.82. The second-order valence-corrected chi connectivity index (χ2v) is 5.93. The third-order valence-electron chi connectivity index (χ3n) is 3.78. The lowest BCUT2D eigenvalue weighted by Gasteiger charge is -2.26. The molecule has 2 rings (SSSR count). The minimum Gasteiger partial charge on any atom is -0.377 e. The van der Waals surface area contributed by atoms with Crippen molar-refractivity contribution in [3.63, 3.8) is 0 Å². The lowest BCUT2D eigenvalue weighted by atomic mass is 9.84. The van der Waals surface area contributed by atoms with Crippen LogP contribution in [-0.4, -0.2) is 7.11 Å². The number of rotatable bonds is 4. The highest BCUT2D eigenvalue weighted by atomic mass is 79.9. The zero-order valence-electron chi connectivity index (χ0n) is 10.5. The lowest BCUT2D eigenvalue weighted by Crippen LogP contribution is -2.12. The van der Waals surface area contributed by atoms with Gasteiger partial charge in [-0.15, -0.1) is 0 Å². The average molecular weight is 297 g/mol. The number of halogens is 1. The van der Waals surface area contributed by atoms with Gasteiger partial charge in [0.2, 0.25) is 0 Å². The number of benzene rings is 1. The van der Waals surface area contributed by atoms with Crippen LogP contribution in [-0.2, 0) is 4.74 Å². The molecular formula is C15H21BrO. The molecule has 17 heavy (non-hydrogen) atoms. The van der Waals surface area contributed by atoms with Crippen molar-refractivity contribution < 1.29 is 4.74 Å². The van der Waals surface area contributed by atoms with Crippen molar-refractivity contribution in [3.8, 4) is 0 Å². The first-order valence-corrected chi connectivity index (χ1v) is 7.37. The first kappa shape index (κ1) is 13.1. The first-order valence-electron chi connectivity index (χ1n) is 6.58. The number of hydrogen-bond acceptors (Lipinski definition) is 1. The Labute approximate surface area is 113 Å². The summed E-state index contributed by atoms with van der Waals surface area (Å²) in [7, 11) is 1.83. The minimum atomic E-state index is 0.260. The summed E-state index contributed by atoms with van der Waals surface area (Å²) in [5.41, 5.74) is 1.30. The van der Waals surface area contributed by atoms with E-state index < -0.39 is 0 Å². The Kier molecular flexibility index (Phi) is 5.05. The molecule has 1 saturated carbocycles. The van der Waals surface area contributed by atoms with Crippen LogP contribution in [0.1, 0.15) is 50.2 Å². The van der Waals surface area contributed by atoms with Crippen LogP contribution in [0.2, 0.25) is 0 Å². The van der Waals surface area contributed by atoms with E-state index in [0.29, 0.717) is 0 Å². The first-order chi connectivity index (χ1) is 8.29. The zero-order chi connectivity index (χ0) is 12.1. The van der Waals surface area contributed by atoms with E-state index in [1.54, 1.807) is 0 Å². The Morgan fingerprint density at radius 1 is 1.29 bits per heavy atom. The van der Waals surface area contributed by atoms with Crippen molar-refractivity contribution in [1.29, 1.82) is 0 Å². The summed E-state index contributed by atoms with van der Waals surface area (Å²) >= 11 is 3.53. The van der Waals surface area contributed by atoms with Crippen LogP contribution in [0, 0.1) is 5.92 Å². The van der Waals surface area contributed by atoms with Gasteiger partial charge in [0.15, 0.2) is 0 Å². The molecule has 0 N–H and O–H groups in total. The topological polar surface area (TPSA) is 9.23 Å². The van der Waals surface area contributed by atoms with Crippen LogP contribution in [0.25, 0.3) is 0 Å². The van der Waals surface area contributed by atoms with Gasteiger partial charge in [0, 0.05) is 11.6 Å². The molecule has 1 aromatic rings. The van der Waals surface area contributed by atoms with Crippen molar-refractivity contribution >= 4 is 15.9 Å². The average Bonchev–Trinajstić information content (AvgIpc) is 2.37. The fourth-order valence-corrected chi connectivity index (χ4v) is 3.22. The third-order valence-corrected chi connectivity index (χ3v) is 4.27. The van der Waals surface area contributed by atoms with E-state index in [-0.39, 0.29) is 6.10 Å². The second kappa shape index (κ2) is 6.55. The Morgan fingerprint density at radius 3 is 2.71 bits per heavy atom. The summed E-state index contributed by atoms with van der Waals surface area (Å²) < 4.78 is 6.81.